The number of aliphatic hydroxyl groups is 1. The van der Waals surface area contributed by atoms with E-state index in [0.29, 0.717) is 12.5 Å². The van der Waals surface area contributed by atoms with E-state index in [0.717, 1.165) is 29.9 Å². The van der Waals surface area contributed by atoms with Gasteiger partial charge in [0.2, 0.25) is 0 Å². The molecule has 1 saturated heterocycles. The van der Waals surface area contributed by atoms with E-state index in [1.54, 1.807) is 0 Å². The van der Waals surface area contributed by atoms with Gasteiger partial charge in [0.15, 0.2) is 0 Å². The Morgan fingerprint density at radius 3 is 2.48 bits per heavy atom. The summed E-state index contributed by atoms with van der Waals surface area (Å²) in [7, 11) is 0. The highest BCUT2D eigenvalue weighted by Crippen LogP contribution is 2.17. The summed E-state index contributed by atoms with van der Waals surface area (Å²) in [5.74, 6) is 1.44. The first-order valence-corrected chi connectivity index (χ1v) is 10.6. The van der Waals surface area contributed by atoms with Crippen molar-refractivity contribution in [1.82, 2.24) is 9.47 Å². The second-order valence-corrected chi connectivity index (χ2v) is 7.79. The van der Waals surface area contributed by atoms with Crippen LogP contribution in [-0.2, 0) is 13.1 Å². The van der Waals surface area contributed by atoms with E-state index in [9.17, 15) is 5.11 Å². The number of hydrogen-bond acceptors (Lipinski definition) is 4. The number of nitrogens with zero attached hydrogens (tertiary/aromatic N) is 3. The molecular weight excluding hydrogens is 364 g/mol. The van der Waals surface area contributed by atoms with E-state index in [2.05, 4.69) is 21.6 Å². The first-order valence-electron chi connectivity index (χ1n) is 10.6. The normalized spacial score (nSPS) is 16.2. The summed E-state index contributed by atoms with van der Waals surface area (Å²) in [5.41, 5.74) is 8.70. The van der Waals surface area contributed by atoms with Crippen molar-refractivity contribution >= 4 is 17.0 Å². The van der Waals surface area contributed by atoms with E-state index >= 15 is 0 Å². The van der Waals surface area contributed by atoms with E-state index in [4.69, 9.17) is 10.5 Å². The van der Waals surface area contributed by atoms with Crippen LogP contribution in [0.4, 0.5) is 5.95 Å². The topological polar surface area (TPSA) is 67.5 Å². The summed E-state index contributed by atoms with van der Waals surface area (Å²) in [6.07, 6.45) is 3.27. The maximum atomic E-state index is 10.6. The first-order chi connectivity index (χ1) is 14.2. The summed E-state index contributed by atoms with van der Waals surface area (Å²) < 4.78 is 9.89. The van der Waals surface area contributed by atoms with Crippen LogP contribution in [0.25, 0.3) is 11.0 Å². The summed E-state index contributed by atoms with van der Waals surface area (Å²) >= 11 is 0. The minimum Gasteiger partial charge on any atom is -0.491 e. The molecule has 1 aliphatic rings. The number of hydrogen-bond donors (Lipinski definition) is 2. The molecule has 0 radical (unpaired) electrons. The van der Waals surface area contributed by atoms with Crippen LogP contribution in [-0.4, -0.2) is 46.9 Å². The molecule has 6 nitrogen and oxygen atoms in total. The molecule has 2 aromatic carbocycles. The molecular formula is C23H31N4O2+. The van der Waals surface area contributed by atoms with E-state index in [1.807, 2.05) is 47.0 Å². The average Bonchev–Trinajstić information content (AvgIpc) is 3.03. The molecule has 6 heteroatoms. The van der Waals surface area contributed by atoms with Crippen molar-refractivity contribution in [3.63, 3.8) is 0 Å². The molecule has 2 heterocycles. The minimum absolute atomic E-state index is 0.226. The highest BCUT2D eigenvalue weighted by atomic mass is 16.5. The number of aromatic nitrogens is 2. The van der Waals surface area contributed by atoms with Crippen LogP contribution in [0.1, 0.15) is 19.3 Å². The maximum Gasteiger partial charge on any atom is 0.356 e. The van der Waals surface area contributed by atoms with Crippen molar-refractivity contribution in [2.45, 2.75) is 38.5 Å². The van der Waals surface area contributed by atoms with Gasteiger partial charge in [0.25, 0.3) is 0 Å². The number of likely N-dealkylation sites (tertiary alicyclic amines) is 1. The Hall–Kier alpha value is -2.57. The highest BCUT2D eigenvalue weighted by Gasteiger charge is 2.23. The molecule has 3 aromatic rings. The lowest BCUT2D eigenvalue weighted by Crippen LogP contribution is -2.44. The van der Waals surface area contributed by atoms with Gasteiger partial charge in [-0.2, -0.15) is 0 Å². The number of benzene rings is 2. The zero-order valence-electron chi connectivity index (χ0n) is 16.9. The second kappa shape index (κ2) is 9.29. The molecule has 3 N–H and O–H groups in total. The average molecular weight is 396 g/mol. The van der Waals surface area contributed by atoms with E-state index < -0.39 is 6.10 Å². The third kappa shape index (κ3) is 4.71. The number of fused-ring (bicyclic) bond motifs is 1. The van der Waals surface area contributed by atoms with Crippen molar-refractivity contribution in [2.24, 2.45) is 0 Å². The number of imidazole rings is 1. The number of ether oxygens (including phenoxy) is 1. The van der Waals surface area contributed by atoms with Gasteiger partial charge in [-0.1, -0.05) is 36.8 Å². The summed E-state index contributed by atoms with van der Waals surface area (Å²) in [6, 6.07) is 17.8. The van der Waals surface area contributed by atoms with Crippen LogP contribution in [0.5, 0.6) is 5.75 Å². The Bertz CT molecular complexity index is 919. The molecule has 0 spiro atoms. The van der Waals surface area contributed by atoms with Crippen molar-refractivity contribution in [3.05, 3.63) is 54.6 Å². The Labute approximate surface area is 172 Å². The molecule has 0 unspecified atom stereocenters. The molecule has 0 aliphatic carbocycles. The number of aliphatic hydroxyl groups excluding tert-OH is 1. The van der Waals surface area contributed by atoms with Crippen LogP contribution >= 0.6 is 0 Å². The Morgan fingerprint density at radius 2 is 1.69 bits per heavy atom. The molecule has 1 aromatic heterocycles. The van der Waals surface area contributed by atoms with Gasteiger partial charge in [-0.3, -0.25) is 5.73 Å². The molecule has 1 aliphatic heterocycles. The zero-order chi connectivity index (χ0) is 20.1. The summed E-state index contributed by atoms with van der Waals surface area (Å²) in [5, 5.41) is 10.6. The standard InChI is InChI=1S/C23H30N4O2/c24-23-26(16-15-25-13-7-2-8-14-25)21-11-5-6-12-22(21)27(23)17-19(28)18-29-20-9-3-1-4-10-20/h1,3-6,9-12,19,24,28H,2,7-8,13-18H2/p+1/t19-/m0/s1. The third-order valence-corrected chi connectivity index (χ3v) is 5.68. The van der Waals surface area contributed by atoms with Crippen LogP contribution in [0, 0.1) is 0 Å². The molecule has 29 heavy (non-hydrogen) atoms. The Kier molecular flexibility index (Phi) is 6.32. The largest absolute Gasteiger partial charge is 0.491 e. The predicted molar refractivity (Wildman–Crippen MR) is 115 cm³/mol. The molecule has 1 fully saturated rings. The van der Waals surface area contributed by atoms with Crippen molar-refractivity contribution in [1.29, 1.82) is 0 Å². The molecule has 1 atom stereocenters. The van der Waals surface area contributed by atoms with Crippen LogP contribution < -0.4 is 15.0 Å². The lowest BCUT2D eigenvalue weighted by Gasteiger charge is -2.25. The van der Waals surface area contributed by atoms with Crippen molar-refractivity contribution in [2.75, 3.05) is 32.0 Å². The number of para-hydroxylation sites is 3. The van der Waals surface area contributed by atoms with E-state index in [-0.39, 0.29) is 6.61 Å². The Balaban J connectivity index is 1.47. The smallest absolute Gasteiger partial charge is 0.356 e. The van der Waals surface area contributed by atoms with Gasteiger partial charge in [0, 0.05) is 6.54 Å². The predicted octanol–water partition coefficient (Wildman–Crippen LogP) is 2.44. The van der Waals surface area contributed by atoms with Gasteiger partial charge in [0.1, 0.15) is 36.0 Å². The van der Waals surface area contributed by atoms with E-state index in [1.165, 1.54) is 32.4 Å². The Morgan fingerprint density at radius 1 is 0.966 bits per heavy atom. The lowest BCUT2D eigenvalue weighted by molar-refractivity contribution is -0.665. The number of nitrogens with two attached hydrogens (primary N) is 1. The molecule has 0 amide bonds. The molecule has 154 valence electrons. The van der Waals surface area contributed by atoms with Gasteiger partial charge in [0.05, 0.1) is 6.54 Å². The van der Waals surface area contributed by atoms with Gasteiger partial charge in [-0.15, -0.1) is 0 Å². The van der Waals surface area contributed by atoms with Gasteiger partial charge in [-0.25, -0.2) is 9.13 Å². The SMILES string of the molecule is Nc1n(CCN2CCCCC2)c2ccccc2[n+]1C[C@H](O)COc1ccccc1. The fourth-order valence-corrected chi connectivity index (χ4v) is 4.14. The van der Waals surface area contributed by atoms with Gasteiger partial charge >= 0.3 is 5.95 Å². The van der Waals surface area contributed by atoms with Gasteiger partial charge in [-0.05, 0) is 50.2 Å². The lowest BCUT2D eigenvalue weighted by atomic mass is 10.1. The number of piperidine rings is 1. The van der Waals surface area contributed by atoms with Crippen LogP contribution in [0.2, 0.25) is 0 Å². The van der Waals surface area contributed by atoms with Crippen LogP contribution in [0.15, 0.2) is 54.6 Å². The first kappa shape index (κ1) is 19.7. The van der Waals surface area contributed by atoms with Gasteiger partial charge < -0.3 is 14.7 Å². The van der Waals surface area contributed by atoms with Crippen molar-refractivity contribution < 1.29 is 14.4 Å². The fourth-order valence-electron chi connectivity index (χ4n) is 4.14. The highest BCUT2D eigenvalue weighted by molar-refractivity contribution is 5.73. The number of rotatable bonds is 8. The van der Waals surface area contributed by atoms with Crippen molar-refractivity contribution in [3.8, 4) is 5.75 Å². The summed E-state index contributed by atoms with van der Waals surface area (Å²) in [4.78, 5) is 2.52. The molecule has 0 saturated carbocycles. The monoisotopic (exact) mass is 395 g/mol. The number of anilines is 1. The molecule has 4 rings (SSSR count). The quantitative estimate of drug-likeness (QED) is 0.575. The van der Waals surface area contributed by atoms with Crippen LogP contribution in [0.3, 0.4) is 0 Å². The third-order valence-electron chi connectivity index (χ3n) is 5.68. The summed E-state index contributed by atoms with van der Waals surface area (Å²) in [6.45, 7) is 4.83. The number of nitrogen functional groups attached to an aromatic ring is 1. The maximum absolute atomic E-state index is 10.6. The second-order valence-electron chi connectivity index (χ2n) is 7.79. The fraction of sp³-hybridized carbons (Fsp3) is 0.435. The zero-order valence-corrected chi connectivity index (χ0v) is 16.9. The minimum atomic E-state index is -0.649. The molecule has 0 bridgehead atoms.